The first-order chi connectivity index (χ1) is 4.77. The molecule has 2 N–H and O–H groups in total. The number of nitrogens with two attached hydrogens (primary N) is 1. The largest absolute Gasteiger partial charge is 0.369 e. The Labute approximate surface area is 60.1 Å². The number of hydrogen-bond acceptors (Lipinski definition) is 1. The van der Waals surface area contributed by atoms with Crippen LogP contribution in [0.3, 0.4) is 0 Å². The maximum atomic E-state index is 10.8. The summed E-state index contributed by atoms with van der Waals surface area (Å²) in [6.45, 7) is 0. The van der Waals surface area contributed by atoms with E-state index in [4.69, 9.17) is 5.73 Å². The van der Waals surface area contributed by atoms with Crippen molar-refractivity contribution in [2.75, 3.05) is 0 Å². The molecule has 2 heteroatoms. The lowest BCUT2D eigenvalue weighted by Gasteiger charge is -2.12. The van der Waals surface area contributed by atoms with Crippen molar-refractivity contribution < 1.29 is 4.79 Å². The highest BCUT2D eigenvalue weighted by atomic mass is 16.1. The molecule has 0 heterocycles. The molecule has 1 saturated carbocycles. The second-order valence-corrected chi connectivity index (χ2v) is 3.29. The van der Waals surface area contributed by atoms with E-state index >= 15 is 0 Å². The number of carbonyl (C=O) groups excluding carboxylic acids is 1. The highest BCUT2D eigenvalue weighted by molar-refractivity contribution is 5.78. The van der Waals surface area contributed by atoms with E-state index in [1.54, 1.807) is 0 Å². The van der Waals surface area contributed by atoms with E-state index in [9.17, 15) is 4.79 Å². The van der Waals surface area contributed by atoms with Crippen molar-refractivity contribution in [3.05, 3.63) is 12.2 Å². The van der Waals surface area contributed by atoms with E-state index in [-0.39, 0.29) is 11.8 Å². The molecule has 2 bridgehead atoms. The first kappa shape index (κ1) is 5.96. The molecule has 1 fully saturated rings. The van der Waals surface area contributed by atoms with Gasteiger partial charge in [0.05, 0.1) is 0 Å². The van der Waals surface area contributed by atoms with Gasteiger partial charge in [-0.2, -0.15) is 0 Å². The molecule has 0 aromatic heterocycles. The number of fused-ring (bicyclic) bond motifs is 2. The zero-order chi connectivity index (χ0) is 7.14. The minimum atomic E-state index is -0.114. The molecule has 0 spiro atoms. The van der Waals surface area contributed by atoms with E-state index in [2.05, 4.69) is 12.2 Å². The molecule has 10 heavy (non-hydrogen) atoms. The van der Waals surface area contributed by atoms with Gasteiger partial charge in [-0.25, -0.2) is 0 Å². The Morgan fingerprint density at radius 2 is 2.20 bits per heavy atom. The van der Waals surface area contributed by atoms with E-state index in [1.807, 2.05) is 0 Å². The molecule has 2 rings (SSSR count). The van der Waals surface area contributed by atoms with Crippen LogP contribution in [0.25, 0.3) is 0 Å². The van der Waals surface area contributed by atoms with Gasteiger partial charge in [-0.3, -0.25) is 4.79 Å². The second kappa shape index (κ2) is 1.84. The van der Waals surface area contributed by atoms with Crippen LogP contribution in [0.1, 0.15) is 12.8 Å². The number of hydrogen-bond donors (Lipinski definition) is 1. The van der Waals surface area contributed by atoms with Gasteiger partial charge in [0.2, 0.25) is 5.91 Å². The van der Waals surface area contributed by atoms with Gasteiger partial charge in [0.1, 0.15) is 0 Å². The Kier molecular flexibility index (Phi) is 1.10. The van der Waals surface area contributed by atoms with E-state index in [1.165, 1.54) is 0 Å². The normalized spacial score (nSPS) is 42.6. The summed E-state index contributed by atoms with van der Waals surface area (Å²) < 4.78 is 0. The van der Waals surface area contributed by atoms with Crippen molar-refractivity contribution in [2.24, 2.45) is 23.5 Å². The van der Waals surface area contributed by atoms with Gasteiger partial charge in [-0.15, -0.1) is 0 Å². The Morgan fingerprint density at radius 1 is 1.40 bits per heavy atom. The molecule has 2 aliphatic rings. The Balaban J connectivity index is 2.16. The molecule has 2 nitrogen and oxygen atoms in total. The third-order valence-corrected chi connectivity index (χ3v) is 2.64. The van der Waals surface area contributed by atoms with Gasteiger partial charge in [-0.1, -0.05) is 12.2 Å². The van der Waals surface area contributed by atoms with Crippen LogP contribution in [0.15, 0.2) is 12.2 Å². The lowest BCUT2D eigenvalue weighted by molar-refractivity contribution is -0.122. The lowest BCUT2D eigenvalue weighted by atomic mass is 9.93. The fourth-order valence-corrected chi connectivity index (χ4v) is 2.11. The molecular weight excluding hydrogens is 126 g/mol. The SMILES string of the molecule is NC(=O)[C@@H]1C[C@H]2C=C[C@@H]1C2. The quantitative estimate of drug-likeness (QED) is 0.531. The van der Waals surface area contributed by atoms with Crippen LogP contribution in [-0.2, 0) is 4.79 Å². The highest BCUT2D eigenvalue weighted by Gasteiger charge is 2.38. The van der Waals surface area contributed by atoms with Gasteiger partial charge in [0, 0.05) is 5.92 Å². The van der Waals surface area contributed by atoms with Gasteiger partial charge < -0.3 is 5.73 Å². The smallest absolute Gasteiger partial charge is 0.221 e. The predicted molar refractivity (Wildman–Crippen MR) is 38.0 cm³/mol. The summed E-state index contributed by atoms with van der Waals surface area (Å²) in [6, 6.07) is 0. The van der Waals surface area contributed by atoms with E-state index in [0.717, 1.165) is 12.8 Å². The number of amides is 1. The summed E-state index contributed by atoms with van der Waals surface area (Å²) >= 11 is 0. The maximum absolute atomic E-state index is 10.8. The van der Waals surface area contributed by atoms with Crippen LogP contribution in [0.2, 0.25) is 0 Å². The minimum absolute atomic E-state index is 0.114. The molecule has 0 aliphatic heterocycles. The first-order valence-corrected chi connectivity index (χ1v) is 3.75. The van der Waals surface area contributed by atoms with Gasteiger partial charge >= 0.3 is 0 Å². The van der Waals surface area contributed by atoms with Crippen LogP contribution < -0.4 is 5.73 Å². The number of rotatable bonds is 1. The number of allylic oxidation sites excluding steroid dienone is 2. The third kappa shape index (κ3) is 0.681. The summed E-state index contributed by atoms with van der Waals surface area (Å²) in [4.78, 5) is 10.8. The molecule has 0 aromatic carbocycles. The second-order valence-electron chi connectivity index (χ2n) is 3.29. The Bertz CT molecular complexity index is 197. The molecular formula is C8H11NO. The minimum Gasteiger partial charge on any atom is -0.369 e. The zero-order valence-corrected chi connectivity index (χ0v) is 5.79. The van der Waals surface area contributed by atoms with Crippen LogP contribution in [-0.4, -0.2) is 5.91 Å². The molecule has 0 unspecified atom stereocenters. The topological polar surface area (TPSA) is 43.1 Å². The van der Waals surface area contributed by atoms with Crippen molar-refractivity contribution in [3.63, 3.8) is 0 Å². The maximum Gasteiger partial charge on any atom is 0.221 e. The fraction of sp³-hybridized carbons (Fsp3) is 0.625. The van der Waals surface area contributed by atoms with Crippen LogP contribution in [0.4, 0.5) is 0 Å². The van der Waals surface area contributed by atoms with Crippen molar-refractivity contribution in [3.8, 4) is 0 Å². The molecule has 2 aliphatic carbocycles. The Hall–Kier alpha value is -0.790. The summed E-state index contributed by atoms with van der Waals surface area (Å²) in [7, 11) is 0. The average molecular weight is 137 g/mol. The van der Waals surface area contributed by atoms with E-state index in [0.29, 0.717) is 11.8 Å². The first-order valence-electron chi connectivity index (χ1n) is 3.75. The van der Waals surface area contributed by atoms with Crippen molar-refractivity contribution >= 4 is 5.91 Å². The molecule has 1 amide bonds. The third-order valence-electron chi connectivity index (χ3n) is 2.64. The van der Waals surface area contributed by atoms with E-state index < -0.39 is 0 Å². The van der Waals surface area contributed by atoms with Crippen molar-refractivity contribution in [1.29, 1.82) is 0 Å². The summed E-state index contributed by atoms with van der Waals surface area (Å²) in [5, 5.41) is 0. The van der Waals surface area contributed by atoms with Crippen LogP contribution in [0.5, 0.6) is 0 Å². The summed E-state index contributed by atoms with van der Waals surface area (Å²) in [6.07, 6.45) is 6.51. The highest BCUT2D eigenvalue weighted by Crippen LogP contribution is 2.42. The molecule has 0 aromatic rings. The summed E-state index contributed by atoms with van der Waals surface area (Å²) in [5.74, 6) is 1.16. The molecule has 54 valence electrons. The lowest BCUT2D eigenvalue weighted by Crippen LogP contribution is -2.26. The Morgan fingerprint density at radius 3 is 2.50 bits per heavy atom. The summed E-state index contributed by atoms with van der Waals surface area (Å²) in [5.41, 5.74) is 5.21. The van der Waals surface area contributed by atoms with Crippen LogP contribution >= 0.6 is 0 Å². The zero-order valence-electron chi connectivity index (χ0n) is 5.79. The van der Waals surface area contributed by atoms with Crippen molar-refractivity contribution in [1.82, 2.24) is 0 Å². The average Bonchev–Trinajstić information content (AvgIpc) is 2.44. The van der Waals surface area contributed by atoms with Gasteiger partial charge in [0.15, 0.2) is 0 Å². The fourth-order valence-electron chi connectivity index (χ4n) is 2.11. The molecule has 0 saturated heterocycles. The monoisotopic (exact) mass is 137 g/mol. The predicted octanol–water partition coefficient (Wildman–Crippen LogP) is 0.684. The number of carbonyl (C=O) groups is 1. The molecule has 3 atom stereocenters. The molecule has 0 radical (unpaired) electrons. The number of primary amides is 1. The van der Waals surface area contributed by atoms with Gasteiger partial charge in [-0.05, 0) is 24.7 Å². The van der Waals surface area contributed by atoms with Crippen LogP contribution in [0, 0.1) is 17.8 Å². The van der Waals surface area contributed by atoms with Crippen molar-refractivity contribution in [2.45, 2.75) is 12.8 Å². The van der Waals surface area contributed by atoms with Gasteiger partial charge in [0.25, 0.3) is 0 Å². The standard InChI is InChI=1S/C8H11NO/c9-8(10)7-4-5-1-2-6(7)3-5/h1-2,5-7H,3-4H2,(H2,9,10)/t5-,6+,7+/m0/s1.